The van der Waals surface area contributed by atoms with Gasteiger partial charge in [-0.2, -0.15) is 0 Å². The molecule has 0 bridgehead atoms. The Morgan fingerprint density at radius 3 is 2.86 bits per heavy atom. The second-order valence-corrected chi connectivity index (χ2v) is 7.37. The molecule has 0 fully saturated rings. The Balaban J connectivity index is 1.66. The van der Waals surface area contributed by atoms with Gasteiger partial charge in [0.25, 0.3) is 0 Å². The van der Waals surface area contributed by atoms with Gasteiger partial charge in [-0.3, -0.25) is 0 Å². The van der Waals surface area contributed by atoms with E-state index in [1.54, 1.807) is 12.1 Å². The summed E-state index contributed by atoms with van der Waals surface area (Å²) in [6.07, 6.45) is 0.921. The van der Waals surface area contributed by atoms with E-state index in [-0.39, 0.29) is 12.6 Å². The summed E-state index contributed by atoms with van der Waals surface area (Å²) in [4.78, 5) is 12.7. The highest BCUT2D eigenvalue weighted by atomic mass is 35.5. The van der Waals surface area contributed by atoms with Crippen LogP contribution in [0.15, 0.2) is 42.5 Å². The lowest BCUT2D eigenvalue weighted by molar-refractivity contribution is 0.0881. The van der Waals surface area contributed by atoms with Gasteiger partial charge < -0.3 is 19.5 Å². The van der Waals surface area contributed by atoms with E-state index < -0.39 is 18.0 Å². The van der Waals surface area contributed by atoms with Crippen molar-refractivity contribution in [2.24, 2.45) is 0 Å². The molecule has 0 spiro atoms. The molecule has 1 amide bonds. The first-order valence-corrected chi connectivity index (χ1v) is 9.38. The number of rotatable bonds is 2. The topological polar surface area (TPSA) is 59.0 Å². The number of nitrogens with zero attached hydrogens (tertiary/aromatic N) is 1. The standard InChI is InChI=1S/C21H19ClFNO4/c1-12-9-13(7-8-24(12)21(25)26)15-3-2-4-18-20(15)28-19(11-27-18)16-6-5-14(22)10-17(16)23/h2-7,10,12,19H,8-9,11H2,1H3,(H,25,26)/t12-,19+/m0/s1. The Hall–Kier alpha value is -2.73. The van der Waals surface area contributed by atoms with Crippen LogP contribution in [0.1, 0.15) is 30.6 Å². The SMILES string of the molecule is C[C@H]1CC(c2cccc3c2O[C@@H](c2ccc(Cl)cc2F)CO3)=CCN1C(=O)O. The zero-order valence-electron chi connectivity index (χ0n) is 15.2. The van der Waals surface area contributed by atoms with Gasteiger partial charge in [-0.05, 0) is 37.1 Å². The molecule has 2 heterocycles. The second-order valence-electron chi connectivity index (χ2n) is 6.93. The predicted octanol–water partition coefficient (Wildman–Crippen LogP) is 5.15. The highest BCUT2D eigenvalue weighted by Crippen LogP contribution is 2.44. The molecule has 2 aliphatic heterocycles. The number of para-hydroxylation sites is 1. The van der Waals surface area contributed by atoms with Gasteiger partial charge in [0.05, 0.1) is 0 Å². The molecule has 28 heavy (non-hydrogen) atoms. The van der Waals surface area contributed by atoms with Gasteiger partial charge in [-0.1, -0.05) is 35.9 Å². The van der Waals surface area contributed by atoms with E-state index in [2.05, 4.69) is 0 Å². The van der Waals surface area contributed by atoms with Crippen molar-refractivity contribution in [2.45, 2.75) is 25.5 Å². The summed E-state index contributed by atoms with van der Waals surface area (Å²) in [6.45, 7) is 2.38. The summed E-state index contributed by atoms with van der Waals surface area (Å²) in [5.74, 6) is 0.706. The molecule has 2 atom stereocenters. The van der Waals surface area contributed by atoms with Crippen LogP contribution >= 0.6 is 11.6 Å². The summed E-state index contributed by atoms with van der Waals surface area (Å²) < 4.78 is 26.3. The summed E-state index contributed by atoms with van der Waals surface area (Å²) in [7, 11) is 0. The molecule has 2 aromatic rings. The first-order valence-electron chi connectivity index (χ1n) is 9.00. The van der Waals surface area contributed by atoms with E-state index in [1.165, 1.54) is 11.0 Å². The molecule has 0 aromatic heterocycles. The van der Waals surface area contributed by atoms with Gasteiger partial charge in [0.2, 0.25) is 0 Å². The Bertz CT molecular complexity index is 961. The smallest absolute Gasteiger partial charge is 0.407 e. The van der Waals surface area contributed by atoms with E-state index >= 15 is 0 Å². The van der Waals surface area contributed by atoms with Crippen molar-refractivity contribution < 1.29 is 23.8 Å². The van der Waals surface area contributed by atoms with Crippen LogP contribution in [0.25, 0.3) is 5.57 Å². The number of hydrogen-bond acceptors (Lipinski definition) is 3. The summed E-state index contributed by atoms with van der Waals surface area (Å²) in [5.41, 5.74) is 2.21. The van der Waals surface area contributed by atoms with Gasteiger partial charge in [-0.25, -0.2) is 9.18 Å². The Labute approximate surface area is 166 Å². The van der Waals surface area contributed by atoms with Gasteiger partial charge in [-0.15, -0.1) is 0 Å². The normalized spacial score (nSPS) is 21.2. The van der Waals surface area contributed by atoms with Crippen LogP contribution in [-0.4, -0.2) is 35.3 Å². The maximum Gasteiger partial charge on any atom is 0.407 e. The van der Waals surface area contributed by atoms with Crippen LogP contribution in [0, 0.1) is 5.82 Å². The quantitative estimate of drug-likeness (QED) is 0.753. The maximum absolute atomic E-state index is 14.3. The van der Waals surface area contributed by atoms with Crippen molar-refractivity contribution in [2.75, 3.05) is 13.2 Å². The third-order valence-electron chi connectivity index (χ3n) is 5.11. The van der Waals surface area contributed by atoms with E-state index in [0.29, 0.717) is 35.1 Å². The van der Waals surface area contributed by atoms with Crippen molar-refractivity contribution in [3.05, 3.63) is 64.4 Å². The molecule has 0 saturated heterocycles. The Morgan fingerprint density at radius 1 is 1.32 bits per heavy atom. The monoisotopic (exact) mass is 403 g/mol. The van der Waals surface area contributed by atoms with Crippen LogP contribution in [0.5, 0.6) is 11.5 Å². The number of carbonyl (C=O) groups is 1. The van der Waals surface area contributed by atoms with E-state index in [1.807, 2.05) is 31.2 Å². The number of carboxylic acid groups (broad SMARTS) is 1. The van der Waals surface area contributed by atoms with E-state index in [9.17, 15) is 14.3 Å². The molecular formula is C21H19ClFNO4. The molecule has 1 N–H and O–H groups in total. The van der Waals surface area contributed by atoms with Crippen molar-refractivity contribution in [1.29, 1.82) is 0 Å². The fourth-order valence-corrected chi connectivity index (χ4v) is 3.81. The maximum atomic E-state index is 14.3. The highest BCUT2D eigenvalue weighted by molar-refractivity contribution is 6.30. The van der Waals surface area contributed by atoms with Crippen molar-refractivity contribution >= 4 is 23.3 Å². The summed E-state index contributed by atoms with van der Waals surface area (Å²) in [6, 6.07) is 9.93. The molecule has 0 saturated carbocycles. The average Bonchev–Trinajstić information content (AvgIpc) is 2.67. The Morgan fingerprint density at radius 2 is 2.14 bits per heavy atom. The predicted molar refractivity (Wildman–Crippen MR) is 104 cm³/mol. The van der Waals surface area contributed by atoms with Gasteiger partial charge in [0.1, 0.15) is 12.4 Å². The van der Waals surface area contributed by atoms with Crippen molar-refractivity contribution in [1.82, 2.24) is 4.90 Å². The fraction of sp³-hybridized carbons (Fsp3) is 0.286. The molecule has 146 valence electrons. The van der Waals surface area contributed by atoms with Crippen LogP contribution in [0.2, 0.25) is 5.02 Å². The summed E-state index contributed by atoms with van der Waals surface area (Å²) >= 11 is 5.85. The van der Waals surface area contributed by atoms with E-state index in [0.717, 1.165) is 11.1 Å². The van der Waals surface area contributed by atoms with Gasteiger partial charge in [0, 0.05) is 28.7 Å². The summed E-state index contributed by atoms with van der Waals surface area (Å²) in [5, 5.41) is 9.59. The average molecular weight is 404 g/mol. The number of benzene rings is 2. The van der Waals surface area contributed by atoms with Crippen molar-refractivity contribution in [3.63, 3.8) is 0 Å². The van der Waals surface area contributed by atoms with E-state index in [4.69, 9.17) is 21.1 Å². The molecule has 0 unspecified atom stereocenters. The van der Waals surface area contributed by atoms with Gasteiger partial charge in [0.15, 0.2) is 17.6 Å². The first-order chi connectivity index (χ1) is 13.4. The molecule has 0 radical (unpaired) electrons. The first kappa shape index (κ1) is 18.6. The number of fused-ring (bicyclic) bond motifs is 1. The van der Waals surface area contributed by atoms with Gasteiger partial charge >= 0.3 is 6.09 Å². The largest absolute Gasteiger partial charge is 0.485 e. The molecular weight excluding hydrogens is 385 g/mol. The molecule has 2 aromatic carbocycles. The second kappa shape index (κ2) is 7.36. The molecule has 2 aliphatic rings. The van der Waals surface area contributed by atoms with Crippen LogP contribution < -0.4 is 9.47 Å². The third-order valence-corrected chi connectivity index (χ3v) is 5.35. The van der Waals surface area contributed by atoms with Crippen LogP contribution in [0.3, 0.4) is 0 Å². The third kappa shape index (κ3) is 3.40. The molecule has 0 aliphatic carbocycles. The van der Waals surface area contributed by atoms with Crippen LogP contribution in [0.4, 0.5) is 9.18 Å². The zero-order chi connectivity index (χ0) is 19.8. The number of halogens is 2. The van der Waals surface area contributed by atoms with Crippen LogP contribution in [-0.2, 0) is 0 Å². The number of hydrogen-bond donors (Lipinski definition) is 1. The molecule has 7 heteroatoms. The lowest BCUT2D eigenvalue weighted by Crippen LogP contribution is -2.40. The zero-order valence-corrected chi connectivity index (χ0v) is 15.9. The lowest BCUT2D eigenvalue weighted by Gasteiger charge is -2.33. The van der Waals surface area contributed by atoms with Crippen molar-refractivity contribution in [3.8, 4) is 11.5 Å². The minimum atomic E-state index is -0.934. The highest BCUT2D eigenvalue weighted by Gasteiger charge is 2.30. The lowest BCUT2D eigenvalue weighted by atomic mass is 9.93. The minimum Gasteiger partial charge on any atom is -0.485 e. The molecule has 4 rings (SSSR count). The fourth-order valence-electron chi connectivity index (χ4n) is 3.65. The molecule has 5 nitrogen and oxygen atoms in total. The number of amides is 1. The number of ether oxygens (including phenoxy) is 2. The minimum absolute atomic E-state index is 0.151. The Kier molecular flexibility index (Phi) is 4.89.